The van der Waals surface area contributed by atoms with Gasteiger partial charge in [0.05, 0.1) is 25.5 Å². The first kappa shape index (κ1) is 15.6. The number of H-pyrrole nitrogens is 2. The van der Waals surface area contributed by atoms with Gasteiger partial charge in [-0.05, 0) is 29.0 Å². The van der Waals surface area contributed by atoms with Gasteiger partial charge in [-0.1, -0.05) is 11.6 Å². The van der Waals surface area contributed by atoms with Crippen LogP contribution in [0, 0.1) is 0 Å². The summed E-state index contributed by atoms with van der Waals surface area (Å²) in [5.74, 6) is -1.93. The van der Waals surface area contributed by atoms with E-state index in [9.17, 15) is 9.59 Å². The van der Waals surface area contributed by atoms with Crippen molar-refractivity contribution in [3.8, 4) is 0 Å². The Hall–Kier alpha value is -2.29. The van der Waals surface area contributed by atoms with Crippen molar-refractivity contribution in [2.75, 3.05) is 0 Å². The molecule has 0 saturated carbocycles. The Labute approximate surface area is 142 Å². The predicted octanol–water partition coefficient (Wildman–Crippen LogP) is 4.51. The van der Waals surface area contributed by atoms with Crippen LogP contribution in [0.1, 0.15) is 21.0 Å². The lowest BCUT2D eigenvalue weighted by Gasteiger charge is -1.87. The minimum Gasteiger partial charge on any atom is -0.477 e. The second kappa shape index (κ2) is 6.07. The summed E-state index contributed by atoms with van der Waals surface area (Å²) in [6, 6.07) is 5.31. The van der Waals surface area contributed by atoms with E-state index in [4.69, 9.17) is 21.8 Å². The molecular formula is C14H9ClN2O4S2. The molecule has 0 unspecified atom stereocenters. The fraction of sp³-hybridized carbons (Fsp3) is 0. The van der Waals surface area contributed by atoms with Gasteiger partial charge >= 0.3 is 11.9 Å². The minimum absolute atomic E-state index is 0.0681. The van der Waals surface area contributed by atoms with Crippen molar-refractivity contribution in [3.63, 3.8) is 0 Å². The summed E-state index contributed by atoms with van der Waals surface area (Å²) in [6.07, 6.45) is 0. The van der Waals surface area contributed by atoms with Crippen molar-refractivity contribution in [2.45, 2.75) is 0 Å². The molecule has 0 aliphatic rings. The largest absolute Gasteiger partial charge is 0.477 e. The van der Waals surface area contributed by atoms with Crippen molar-refractivity contribution >= 4 is 66.6 Å². The first-order valence-corrected chi connectivity index (χ1v) is 8.38. The zero-order valence-corrected chi connectivity index (χ0v) is 13.7. The maximum atomic E-state index is 10.6. The Morgan fingerprint density at radius 3 is 2.30 bits per heavy atom. The third-order valence-electron chi connectivity index (χ3n) is 3.03. The average Bonchev–Trinajstić information content (AvgIpc) is 3.19. The summed E-state index contributed by atoms with van der Waals surface area (Å²) >= 11 is 8.75. The number of carbonyl (C=O) groups is 2. The van der Waals surface area contributed by atoms with Crippen molar-refractivity contribution in [1.29, 1.82) is 0 Å². The van der Waals surface area contributed by atoms with Gasteiger partial charge in [-0.3, -0.25) is 0 Å². The summed E-state index contributed by atoms with van der Waals surface area (Å²) in [4.78, 5) is 26.5. The van der Waals surface area contributed by atoms with Crippen LogP contribution in [0.25, 0.3) is 20.4 Å². The molecule has 0 saturated heterocycles. The molecule has 4 heterocycles. The predicted molar refractivity (Wildman–Crippen MR) is 91.3 cm³/mol. The highest BCUT2D eigenvalue weighted by molar-refractivity contribution is 7.18. The van der Waals surface area contributed by atoms with E-state index in [1.807, 2.05) is 16.8 Å². The third kappa shape index (κ3) is 2.96. The van der Waals surface area contributed by atoms with Gasteiger partial charge in [-0.2, -0.15) is 0 Å². The smallest absolute Gasteiger partial charge is 0.353 e. The van der Waals surface area contributed by atoms with Crippen molar-refractivity contribution in [2.24, 2.45) is 0 Å². The number of fused-ring (bicyclic) bond motifs is 2. The molecule has 0 amide bonds. The standard InChI is InChI=1S/C7H4ClNO2S.C7H5NO2S/c8-4-5(7(10)11)9-3-1-2-12-6(3)4;9-7(10)5-3-6-4(8-5)1-2-11-6/h1-2,9H,(H,10,11);1-3,8H,(H,9,10). The van der Waals surface area contributed by atoms with Gasteiger partial charge in [-0.15, -0.1) is 22.7 Å². The van der Waals surface area contributed by atoms with Gasteiger partial charge in [-0.25, -0.2) is 9.59 Å². The summed E-state index contributed by atoms with van der Waals surface area (Å²) in [5, 5.41) is 21.3. The van der Waals surface area contributed by atoms with Crippen LogP contribution < -0.4 is 0 Å². The molecule has 0 radical (unpaired) electrons. The number of hydrogen-bond acceptors (Lipinski definition) is 4. The van der Waals surface area contributed by atoms with Crippen LogP contribution in [0.4, 0.5) is 0 Å². The summed E-state index contributed by atoms with van der Waals surface area (Å²) in [5.41, 5.74) is 2.00. The molecule has 0 aromatic carbocycles. The first-order chi connectivity index (χ1) is 11.0. The fourth-order valence-electron chi connectivity index (χ4n) is 1.99. The van der Waals surface area contributed by atoms with Crippen molar-refractivity contribution in [3.05, 3.63) is 45.4 Å². The Morgan fingerprint density at radius 1 is 1.00 bits per heavy atom. The van der Waals surface area contributed by atoms with Crippen LogP contribution >= 0.6 is 34.3 Å². The Balaban J connectivity index is 0.000000136. The minimum atomic E-state index is -1.02. The number of halogens is 1. The second-order valence-corrected chi connectivity index (χ2v) is 6.71. The van der Waals surface area contributed by atoms with Crippen molar-refractivity contribution < 1.29 is 19.8 Å². The van der Waals surface area contributed by atoms with Crippen LogP contribution in [0.15, 0.2) is 29.0 Å². The highest BCUT2D eigenvalue weighted by Gasteiger charge is 2.15. The molecule has 0 atom stereocenters. The molecule has 0 bridgehead atoms. The Morgan fingerprint density at radius 2 is 1.70 bits per heavy atom. The number of carboxylic acids is 2. The summed E-state index contributed by atoms with van der Waals surface area (Å²) < 4.78 is 1.79. The number of aromatic amines is 2. The Kier molecular flexibility index (Phi) is 4.12. The van der Waals surface area contributed by atoms with Gasteiger partial charge in [0.2, 0.25) is 0 Å². The maximum absolute atomic E-state index is 10.6. The molecule has 0 fully saturated rings. The highest BCUT2D eigenvalue weighted by atomic mass is 35.5. The normalized spacial score (nSPS) is 10.7. The van der Waals surface area contributed by atoms with Gasteiger partial charge in [0.1, 0.15) is 11.4 Å². The number of carboxylic acid groups (broad SMARTS) is 2. The van der Waals surface area contributed by atoms with Crippen LogP contribution in [-0.4, -0.2) is 32.1 Å². The third-order valence-corrected chi connectivity index (χ3v) is 5.31. The number of aromatic nitrogens is 2. The molecule has 4 rings (SSSR count). The van der Waals surface area contributed by atoms with E-state index >= 15 is 0 Å². The number of nitrogens with one attached hydrogen (secondary N) is 2. The SMILES string of the molecule is O=C(O)c1[nH]c2ccsc2c1Cl.O=C(O)c1cc2sccc2[nH]1. The molecule has 4 aromatic rings. The number of hydrogen-bond donors (Lipinski definition) is 4. The van der Waals surface area contributed by atoms with Crippen LogP contribution in [-0.2, 0) is 0 Å². The molecule has 4 aromatic heterocycles. The number of aromatic carboxylic acids is 2. The lowest BCUT2D eigenvalue weighted by molar-refractivity contribution is 0.0681. The van der Waals surface area contributed by atoms with E-state index in [1.165, 1.54) is 22.7 Å². The molecule has 0 aliphatic carbocycles. The van der Waals surface area contributed by atoms with E-state index in [1.54, 1.807) is 12.1 Å². The van der Waals surface area contributed by atoms with E-state index in [2.05, 4.69) is 9.97 Å². The number of rotatable bonds is 2. The molecule has 0 spiro atoms. The van der Waals surface area contributed by atoms with Gasteiger partial charge < -0.3 is 20.2 Å². The zero-order chi connectivity index (χ0) is 16.6. The van der Waals surface area contributed by atoms with Crippen LogP contribution in [0.5, 0.6) is 0 Å². The highest BCUT2D eigenvalue weighted by Crippen LogP contribution is 2.31. The molecule has 0 aliphatic heterocycles. The van der Waals surface area contributed by atoms with Gasteiger partial charge in [0.25, 0.3) is 0 Å². The topological polar surface area (TPSA) is 106 Å². The molecule has 118 valence electrons. The Bertz CT molecular complexity index is 982. The van der Waals surface area contributed by atoms with Gasteiger partial charge in [0, 0.05) is 0 Å². The van der Waals surface area contributed by atoms with E-state index in [0.717, 1.165) is 20.4 Å². The molecule has 6 nitrogen and oxygen atoms in total. The molecule has 4 N–H and O–H groups in total. The summed E-state index contributed by atoms with van der Waals surface area (Å²) in [6.45, 7) is 0. The molecule has 23 heavy (non-hydrogen) atoms. The first-order valence-electron chi connectivity index (χ1n) is 6.25. The van der Waals surface area contributed by atoms with Crippen molar-refractivity contribution in [1.82, 2.24) is 9.97 Å². The fourth-order valence-corrected chi connectivity index (χ4v) is 3.93. The molecular weight excluding hydrogens is 360 g/mol. The quantitative estimate of drug-likeness (QED) is 0.417. The lowest BCUT2D eigenvalue weighted by Crippen LogP contribution is -1.96. The maximum Gasteiger partial charge on any atom is 0.353 e. The van der Waals surface area contributed by atoms with Crippen LogP contribution in [0.2, 0.25) is 5.02 Å². The van der Waals surface area contributed by atoms with Gasteiger partial charge in [0.15, 0.2) is 0 Å². The zero-order valence-electron chi connectivity index (χ0n) is 11.3. The molecule has 9 heteroatoms. The van der Waals surface area contributed by atoms with E-state index in [-0.39, 0.29) is 11.4 Å². The summed E-state index contributed by atoms with van der Waals surface area (Å²) in [7, 11) is 0. The lowest BCUT2D eigenvalue weighted by atomic mass is 10.4. The number of thiophene rings is 2. The van der Waals surface area contributed by atoms with E-state index < -0.39 is 11.9 Å². The second-order valence-electron chi connectivity index (χ2n) is 4.47. The average molecular weight is 369 g/mol. The monoisotopic (exact) mass is 368 g/mol. The van der Waals surface area contributed by atoms with E-state index in [0.29, 0.717) is 5.02 Å². The van der Waals surface area contributed by atoms with Crippen LogP contribution in [0.3, 0.4) is 0 Å².